The number of para-hydroxylation sites is 1. The molecule has 40 heavy (non-hydrogen) atoms. The number of nitrogens with zero attached hydrogens (tertiary/aromatic N) is 3. The number of carbonyl (C=O) groups excluding carboxylic acids is 1. The van der Waals surface area contributed by atoms with Crippen LogP contribution in [0.2, 0.25) is 0 Å². The lowest BCUT2D eigenvalue weighted by Gasteiger charge is -2.15. The molecule has 0 bridgehead atoms. The number of hydrogen-bond donors (Lipinski definition) is 3. The zero-order valence-corrected chi connectivity index (χ0v) is 23.9. The van der Waals surface area contributed by atoms with Crippen LogP contribution in [0.5, 0.6) is 5.88 Å². The van der Waals surface area contributed by atoms with Crippen molar-refractivity contribution in [2.45, 2.75) is 46.1 Å². The lowest BCUT2D eigenvalue weighted by atomic mass is 9.98. The Morgan fingerprint density at radius 2 is 1.85 bits per heavy atom. The van der Waals surface area contributed by atoms with Gasteiger partial charge >= 0.3 is 6.03 Å². The summed E-state index contributed by atoms with van der Waals surface area (Å²) < 4.78 is 38.2. The molecule has 4 rings (SSSR count). The van der Waals surface area contributed by atoms with Gasteiger partial charge < -0.3 is 25.2 Å². The number of methoxy groups -OCH3 is 1. The quantitative estimate of drug-likeness (QED) is 0.344. The number of hydrogen-bond acceptors (Lipinski definition) is 6. The summed E-state index contributed by atoms with van der Waals surface area (Å²) >= 11 is 0. The predicted molar refractivity (Wildman–Crippen MR) is 152 cm³/mol. The highest BCUT2D eigenvalue weighted by Crippen LogP contribution is 2.29. The number of aliphatic hydroxyl groups excluding tert-OH is 1. The van der Waals surface area contributed by atoms with Gasteiger partial charge in [0.25, 0.3) is 0 Å². The molecule has 3 aromatic rings. The molecule has 2 heterocycles. The van der Waals surface area contributed by atoms with Gasteiger partial charge in [0.15, 0.2) is 0 Å². The van der Waals surface area contributed by atoms with Crippen molar-refractivity contribution in [1.82, 2.24) is 14.7 Å². The highest BCUT2D eigenvalue weighted by atomic mass is 19.1. The summed E-state index contributed by atoms with van der Waals surface area (Å²) in [7, 11) is 1.68. The zero-order chi connectivity index (χ0) is 29.7. The Hall–Kier alpha value is -3.54. The first-order chi connectivity index (χ1) is 19.2. The monoisotopic (exact) mass is 561 g/mol. The van der Waals surface area contributed by atoms with Crippen molar-refractivity contribution >= 4 is 11.8 Å². The van der Waals surface area contributed by atoms with Crippen molar-refractivity contribution in [1.29, 1.82) is 0 Å². The highest BCUT2D eigenvalue weighted by molar-refractivity contribution is 5.88. The van der Waals surface area contributed by atoms with Gasteiger partial charge in [-0.2, -0.15) is 0 Å². The number of carbonyl (C=O) groups is 1. The number of primary amides is 1. The number of rotatable bonds is 9. The molecule has 1 aromatic heterocycles. The van der Waals surface area contributed by atoms with Gasteiger partial charge in [-0.05, 0) is 62.6 Å². The topological polar surface area (TPSA) is 115 Å². The second kappa shape index (κ2) is 16.5. The summed E-state index contributed by atoms with van der Waals surface area (Å²) in [5, 5.41) is 16.2. The summed E-state index contributed by atoms with van der Waals surface area (Å²) in [5.74, 6) is 0.0283. The Balaban J connectivity index is 0.000000269. The maximum atomic E-state index is 13.1. The van der Waals surface area contributed by atoms with Gasteiger partial charge in [0.05, 0.1) is 24.0 Å². The molecule has 0 radical (unpaired) electrons. The highest BCUT2D eigenvalue weighted by Gasteiger charge is 2.24. The second-order valence-electron chi connectivity index (χ2n) is 9.16. The summed E-state index contributed by atoms with van der Waals surface area (Å²) in [6.07, 6.45) is 0.339. The first kappa shape index (κ1) is 32.7. The van der Waals surface area contributed by atoms with E-state index in [9.17, 15) is 18.7 Å². The number of anilines is 1. The first-order valence-electron chi connectivity index (χ1n) is 13.4. The molecule has 1 aliphatic rings. The van der Waals surface area contributed by atoms with E-state index in [0.717, 1.165) is 43.4 Å². The number of aliphatic hydroxyl groups is 1. The minimum absolute atomic E-state index is 0.114. The lowest BCUT2D eigenvalue weighted by molar-refractivity contribution is 0.119. The number of likely N-dealkylation sites (tertiary alicyclic amines) is 1. The van der Waals surface area contributed by atoms with Crippen LogP contribution in [0.15, 0.2) is 48.5 Å². The van der Waals surface area contributed by atoms with Gasteiger partial charge in [-0.15, -0.1) is 5.10 Å². The Morgan fingerprint density at radius 3 is 2.42 bits per heavy atom. The van der Waals surface area contributed by atoms with E-state index in [1.165, 1.54) is 16.8 Å². The molecule has 220 valence electrons. The van der Waals surface area contributed by atoms with Crippen molar-refractivity contribution in [2.75, 3.05) is 45.3 Å². The maximum absolute atomic E-state index is 13.1. The molecule has 1 fully saturated rings. The SMILES string of the molecule is CC.COCCN1CCC(c2cc(F)cc(F)c2)C1.Cc1c(OCC(C)O)nn(-c2ccccc2)c1NC(N)=O. The van der Waals surface area contributed by atoms with Crippen molar-refractivity contribution in [2.24, 2.45) is 5.73 Å². The van der Waals surface area contributed by atoms with E-state index in [1.54, 1.807) is 21.0 Å². The number of halogens is 2. The summed E-state index contributed by atoms with van der Waals surface area (Å²) in [4.78, 5) is 13.4. The van der Waals surface area contributed by atoms with Crippen LogP contribution in [-0.4, -0.2) is 71.9 Å². The predicted octanol–water partition coefficient (Wildman–Crippen LogP) is 4.86. The van der Waals surface area contributed by atoms with E-state index >= 15 is 0 Å². The molecule has 0 spiro atoms. The molecule has 4 N–H and O–H groups in total. The third-order valence-corrected chi connectivity index (χ3v) is 6.02. The minimum Gasteiger partial charge on any atom is -0.474 e. The molecular formula is C29H41F2N5O4. The van der Waals surface area contributed by atoms with E-state index in [0.29, 0.717) is 23.9 Å². The zero-order valence-electron chi connectivity index (χ0n) is 23.9. The molecule has 1 aliphatic heterocycles. The fourth-order valence-corrected chi connectivity index (χ4v) is 4.17. The third kappa shape index (κ3) is 9.89. The number of aromatic nitrogens is 2. The van der Waals surface area contributed by atoms with Crippen molar-refractivity contribution in [3.05, 3.63) is 71.3 Å². The molecule has 9 nitrogen and oxygen atoms in total. The van der Waals surface area contributed by atoms with Crippen molar-refractivity contribution < 1.29 is 28.2 Å². The van der Waals surface area contributed by atoms with Gasteiger partial charge in [0.2, 0.25) is 5.88 Å². The lowest BCUT2D eigenvalue weighted by Crippen LogP contribution is -2.24. The average molecular weight is 562 g/mol. The molecule has 2 amide bonds. The van der Waals surface area contributed by atoms with Gasteiger partial charge in [-0.3, -0.25) is 5.32 Å². The summed E-state index contributed by atoms with van der Waals surface area (Å²) in [6.45, 7) is 10.9. The van der Waals surface area contributed by atoms with Crippen molar-refractivity contribution in [3.63, 3.8) is 0 Å². The Bertz CT molecular complexity index is 1170. The number of amides is 2. The number of nitrogens with two attached hydrogens (primary N) is 1. The average Bonchev–Trinajstić information content (AvgIpc) is 3.52. The van der Waals surface area contributed by atoms with E-state index < -0.39 is 23.8 Å². The maximum Gasteiger partial charge on any atom is 0.317 e. The van der Waals surface area contributed by atoms with E-state index in [-0.39, 0.29) is 12.5 Å². The normalized spacial score (nSPS) is 15.3. The Kier molecular flexibility index (Phi) is 13.5. The van der Waals surface area contributed by atoms with Crippen molar-refractivity contribution in [3.8, 4) is 11.6 Å². The van der Waals surface area contributed by atoms with Crippen LogP contribution in [0.25, 0.3) is 5.69 Å². The molecule has 0 aliphatic carbocycles. The molecule has 2 unspecified atom stereocenters. The van der Waals surface area contributed by atoms with Crippen LogP contribution in [0, 0.1) is 18.6 Å². The van der Waals surface area contributed by atoms with E-state index in [1.807, 2.05) is 44.2 Å². The number of nitrogens with one attached hydrogen (secondary N) is 1. The first-order valence-corrected chi connectivity index (χ1v) is 13.4. The van der Waals surface area contributed by atoms with Gasteiger partial charge in [-0.25, -0.2) is 18.3 Å². The molecular weight excluding hydrogens is 520 g/mol. The fourth-order valence-electron chi connectivity index (χ4n) is 4.17. The van der Waals surface area contributed by atoms with Gasteiger partial charge in [0.1, 0.15) is 24.1 Å². The number of ether oxygens (including phenoxy) is 2. The third-order valence-electron chi connectivity index (χ3n) is 6.02. The summed E-state index contributed by atoms with van der Waals surface area (Å²) in [6, 6.07) is 12.4. The smallest absolute Gasteiger partial charge is 0.317 e. The molecule has 1 saturated heterocycles. The Labute approximate surface area is 234 Å². The van der Waals surface area contributed by atoms with Crippen LogP contribution in [0.4, 0.5) is 19.4 Å². The van der Waals surface area contributed by atoms with Crippen LogP contribution >= 0.6 is 0 Å². The molecule has 11 heteroatoms. The Morgan fingerprint density at radius 1 is 1.20 bits per heavy atom. The van der Waals surface area contributed by atoms with Gasteiger partial charge in [-0.1, -0.05) is 32.0 Å². The van der Waals surface area contributed by atoms with Crippen LogP contribution in [0.1, 0.15) is 44.2 Å². The van der Waals surface area contributed by atoms with E-state index in [2.05, 4.69) is 15.3 Å². The standard InChI is InChI=1S/C14H18N4O3.C13H17F2NO.C2H6/c1-9(19)8-21-13-10(2)12(16-14(15)20)18(17-13)11-6-4-3-5-7-11;1-17-5-4-16-3-2-10(9-16)11-6-12(14)8-13(15)7-11;1-2/h3-7,9,19H,8H2,1-2H3,(H3,15,16,20);6-8,10H,2-5,9H2,1H3;1-2H3. The second-order valence-corrected chi connectivity index (χ2v) is 9.16. The molecule has 2 atom stereocenters. The van der Waals surface area contributed by atoms with Gasteiger partial charge in [0, 0.05) is 26.3 Å². The van der Waals surface area contributed by atoms with E-state index in [4.69, 9.17) is 15.2 Å². The molecule has 2 aromatic carbocycles. The summed E-state index contributed by atoms with van der Waals surface area (Å²) in [5.41, 5.74) is 7.36. The number of benzene rings is 2. The van der Waals surface area contributed by atoms with Crippen LogP contribution in [0.3, 0.4) is 0 Å². The number of urea groups is 1. The minimum atomic E-state index is -0.683. The molecule has 0 saturated carbocycles. The largest absolute Gasteiger partial charge is 0.474 e. The van der Waals surface area contributed by atoms with Crippen LogP contribution < -0.4 is 15.8 Å². The fraction of sp³-hybridized carbons (Fsp3) is 0.448. The van der Waals surface area contributed by atoms with Crippen LogP contribution in [-0.2, 0) is 4.74 Å².